The van der Waals surface area contributed by atoms with Crippen LogP contribution in [0.1, 0.15) is 61.3 Å². The van der Waals surface area contributed by atoms with E-state index in [2.05, 4.69) is 13.5 Å². The van der Waals surface area contributed by atoms with Gasteiger partial charge in [0.05, 0.1) is 18.4 Å². The lowest BCUT2D eigenvalue weighted by Gasteiger charge is -2.68. The van der Waals surface area contributed by atoms with Crippen molar-refractivity contribution in [1.82, 2.24) is 0 Å². The second-order valence-corrected chi connectivity index (χ2v) is 12.3. The van der Waals surface area contributed by atoms with Crippen LogP contribution in [0.15, 0.2) is 24.3 Å². The van der Waals surface area contributed by atoms with E-state index in [0.717, 1.165) is 7.11 Å². The van der Waals surface area contributed by atoms with Gasteiger partial charge in [-0.1, -0.05) is 45.9 Å². The van der Waals surface area contributed by atoms with Crippen LogP contribution in [0.4, 0.5) is 0 Å². The average Bonchev–Trinajstić information content (AvgIpc) is 2.78. The number of esters is 3. The fraction of sp³-hybridized carbons (Fsp3) is 0.679. The van der Waals surface area contributed by atoms with Gasteiger partial charge in [0.2, 0.25) is 0 Å². The topological polar surface area (TPSA) is 113 Å². The molecule has 1 aliphatic heterocycles. The molecule has 8 nitrogen and oxygen atoms in total. The summed E-state index contributed by atoms with van der Waals surface area (Å²) in [7, 11) is 1.13. The number of ketones is 2. The largest absolute Gasteiger partial charge is 0.466 e. The first-order valence-corrected chi connectivity index (χ1v) is 12.4. The van der Waals surface area contributed by atoms with Crippen molar-refractivity contribution in [2.24, 2.45) is 39.4 Å². The number of rotatable bonds is 2. The molecule has 0 aromatic rings. The number of hydrogen-bond donors (Lipinski definition) is 0. The fourth-order valence-corrected chi connectivity index (χ4v) is 8.20. The zero-order valence-corrected chi connectivity index (χ0v) is 22.4. The number of allylic oxidation sites excluding steroid dienone is 3. The van der Waals surface area contributed by atoms with Crippen molar-refractivity contribution in [2.75, 3.05) is 7.11 Å². The molecule has 3 fully saturated rings. The molecule has 0 bridgehead atoms. The highest BCUT2D eigenvalue weighted by Crippen LogP contribution is 2.71. The lowest BCUT2D eigenvalue weighted by Crippen LogP contribution is -2.73. The molecule has 0 N–H and O–H groups in total. The predicted octanol–water partition coefficient (Wildman–Crippen LogP) is 3.37. The number of Topliss-reactive ketones (excluding diaryl/α,β-unsaturated/α-hetero) is 1. The highest BCUT2D eigenvalue weighted by molar-refractivity contribution is 6.15. The third kappa shape index (κ3) is 2.96. The second kappa shape index (κ2) is 7.62. The van der Waals surface area contributed by atoms with E-state index in [-0.39, 0.29) is 17.6 Å². The summed E-state index contributed by atoms with van der Waals surface area (Å²) in [4.78, 5) is 65.7. The van der Waals surface area contributed by atoms with E-state index in [1.54, 1.807) is 13.0 Å². The number of cyclic esters (lactones) is 1. The van der Waals surface area contributed by atoms with Crippen LogP contribution in [0.2, 0.25) is 0 Å². The van der Waals surface area contributed by atoms with Crippen molar-refractivity contribution in [3.05, 3.63) is 24.3 Å². The van der Waals surface area contributed by atoms with E-state index < -0.39 is 63.0 Å². The third-order valence-corrected chi connectivity index (χ3v) is 10.2. The summed E-state index contributed by atoms with van der Waals surface area (Å²) in [6.07, 6.45) is 3.44. The summed E-state index contributed by atoms with van der Waals surface area (Å²) in [5.74, 6) is -4.34. The maximum Gasteiger partial charge on any atom is 0.358 e. The minimum atomic E-state index is -2.11. The zero-order chi connectivity index (χ0) is 27.2. The van der Waals surface area contributed by atoms with Crippen LogP contribution in [-0.4, -0.2) is 48.3 Å². The minimum absolute atomic E-state index is 0.00396. The van der Waals surface area contributed by atoms with Crippen LogP contribution in [0.5, 0.6) is 0 Å². The highest BCUT2D eigenvalue weighted by atomic mass is 16.6. The Hall–Kier alpha value is -2.77. The summed E-state index contributed by atoms with van der Waals surface area (Å²) >= 11 is 0. The van der Waals surface area contributed by atoms with E-state index in [9.17, 15) is 24.0 Å². The van der Waals surface area contributed by atoms with Crippen LogP contribution in [0, 0.1) is 39.4 Å². The molecule has 36 heavy (non-hydrogen) atoms. The van der Waals surface area contributed by atoms with Crippen molar-refractivity contribution in [1.29, 1.82) is 0 Å². The molecule has 1 saturated heterocycles. The first kappa shape index (κ1) is 26.3. The Morgan fingerprint density at radius 2 is 1.67 bits per heavy atom. The van der Waals surface area contributed by atoms with Gasteiger partial charge in [0.1, 0.15) is 6.10 Å². The number of fused-ring (bicyclic) bond motifs is 5. The minimum Gasteiger partial charge on any atom is -0.466 e. The highest BCUT2D eigenvalue weighted by Gasteiger charge is 2.76. The van der Waals surface area contributed by atoms with Crippen molar-refractivity contribution < 1.29 is 38.2 Å². The quantitative estimate of drug-likeness (QED) is 0.245. The molecular formula is C28H36O8. The fourth-order valence-electron chi connectivity index (χ4n) is 8.20. The number of methoxy groups -OCH3 is 1. The van der Waals surface area contributed by atoms with Gasteiger partial charge >= 0.3 is 17.9 Å². The van der Waals surface area contributed by atoms with Crippen molar-refractivity contribution >= 4 is 29.5 Å². The molecule has 8 atom stereocenters. The lowest BCUT2D eigenvalue weighted by molar-refractivity contribution is -0.240. The number of carbonyl (C=O) groups excluding carboxylic acids is 5. The van der Waals surface area contributed by atoms with Crippen molar-refractivity contribution in [2.45, 2.75) is 73.0 Å². The number of carbonyl (C=O) groups is 5. The van der Waals surface area contributed by atoms with E-state index >= 15 is 0 Å². The van der Waals surface area contributed by atoms with E-state index in [0.29, 0.717) is 18.4 Å². The van der Waals surface area contributed by atoms with Gasteiger partial charge in [0.15, 0.2) is 11.6 Å². The molecule has 2 saturated carbocycles. The Kier molecular flexibility index (Phi) is 5.57. The van der Waals surface area contributed by atoms with Gasteiger partial charge in [-0.2, -0.15) is 0 Å². The molecule has 0 aromatic heterocycles. The van der Waals surface area contributed by atoms with Gasteiger partial charge in [-0.05, 0) is 50.0 Å². The van der Waals surface area contributed by atoms with Gasteiger partial charge in [0.25, 0.3) is 5.60 Å². The molecule has 196 valence electrons. The van der Waals surface area contributed by atoms with Crippen LogP contribution in [-0.2, 0) is 38.2 Å². The van der Waals surface area contributed by atoms with Gasteiger partial charge in [-0.25, -0.2) is 4.79 Å². The molecule has 4 rings (SSSR count). The summed E-state index contributed by atoms with van der Waals surface area (Å²) in [6, 6.07) is 0. The summed E-state index contributed by atoms with van der Waals surface area (Å²) in [6.45, 7) is 16.2. The summed E-state index contributed by atoms with van der Waals surface area (Å²) in [5, 5.41) is 0. The monoisotopic (exact) mass is 500 g/mol. The molecule has 0 radical (unpaired) electrons. The molecular weight excluding hydrogens is 464 g/mol. The molecule has 8 heteroatoms. The van der Waals surface area contributed by atoms with E-state index in [4.69, 9.17) is 14.2 Å². The van der Waals surface area contributed by atoms with Crippen LogP contribution >= 0.6 is 0 Å². The Bertz CT molecular complexity index is 1130. The molecule has 4 aliphatic rings. The van der Waals surface area contributed by atoms with E-state index in [1.165, 1.54) is 13.8 Å². The number of ether oxygens (including phenoxy) is 3. The van der Waals surface area contributed by atoms with Crippen molar-refractivity contribution in [3.63, 3.8) is 0 Å². The maximum atomic E-state index is 14.0. The molecule has 0 unspecified atom stereocenters. The summed E-state index contributed by atoms with van der Waals surface area (Å²) in [5.41, 5.74) is -5.37. The predicted molar refractivity (Wildman–Crippen MR) is 128 cm³/mol. The Morgan fingerprint density at radius 1 is 1.06 bits per heavy atom. The maximum absolute atomic E-state index is 14.0. The Labute approximate surface area is 211 Å². The van der Waals surface area contributed by atoms with Gasteiger partial charge in [-0.15, -0.1) is 0 Å². The smallest absolute Gasteiger partial charge is 0.358 e. The molecule has 1 heterocycles. The first-order valence-electron chi connectivity index (χ1n) is 12.4. The summed E-state index contributed by atoms with van der Waals surface area (Å²) < 4.78 is 16.3. The van der Waals surface area contributed by atoms with Gasteiger partial charge in [0, 0.05) is 17.8 Å². The third-order valence-electron chi connectivity index (χ3n) is 10.2. The number of hydrogen-bond acceptors (Lipinski definition) is 8. The molecule has 0 aromatic carbocycles. The molecule has 3 aliphatic carbocycles. The Morgan fingerprint density at radius 3 is 2.22 bits per heavy atom. The van der Waals surface area contributed by atoms with Gasteiger partial charge < -0.3 is 14.2 Å². The molecule has 0 spiro atoms. The van der Waals surface area contributed by atoms with Crippen LogP contribution < -0.4 is 0 Å². The first-order chi connectivity index (χ1) is 16.4. The zero-order valence-electron chi connectivity index (χ0n) is 22.4. The Balaban J connectivity index is 1.96. The van der Waals surface area contributed by atoms with Crippen LogP contribution in [0.3, 0.4) is 0 Å². The second-order valence-electron chi connectivity index (χ2n) is 12.3. The van der Waals surface area contributed by atoms with Crippen LogP contribution in [0.25, 0.3) is 0 Å². The lowest BCUT2D eigenvalue weighted by atomic mass is 9.35. The standard InChI is InChI=1S/C28H36O8/c1-14-12-17-25(5)11-10-18(30)24(3,4)16(25)13-19(35-15(2)29)27(17,7)20-21(31)36-28(8,23(33)34-9)22(32)26(14,20)6/h10-11,16-17,19-20H,1,12-13H2,2-9H3/t16-,17-,19-,20-,25+,26-,27+,28-/m1/s1. The van der Waals surface area contributed by atoms with Crippen molar-refractivity contribution in [3.8, 4) is 0 Å². The normalized spacial score (nSPS) is 45.1. The average molecular weight is 501 g/mol. The van der Waals surface area contributed by atoms with E-state index in [1.807, 2.05) is 26.8 Å². The SMILES string of the molecule is C=C1C[C@@H]2[C@@]3(C)C=CC(=O)C(C)(C)[C@H]3C[C@@H](OC(C)=O)[C@@]2(C)[C@@H]2C(=O)O[C@@](C)(C(=O)OC)C(=O)[C@]12C. The molecule has 0 amide bonds. The van der Waals surface area contributed by atoms with Gasteiger partial charge in [-0.3, -0.25) is 19.2 Å².